The average Bonchev–Trinajstić information content (AvgIpc) is 3.32. The van der Waals surface area contributed by atoms with Crippen molar-refractivity contribution in [3.63, 3.8) is 0 Å². The second-order valence-corrected chi connectivity index (χ2v) is 9.39. The molecule has 34 heavy (non-hydrogen) atoms. The maximum atomic E-state index is 12.9. The number of hydrogen-bond donors (Lipinski definition) is 0. The summed E-state index contributed by atoms with van der Waals surface area (Å²) in [4.78, 5) is 53.6. The van der Waals surface area contributed by atoms with E-state index in [2.05, 4.69) is 0 Å². The zero-order valence-corrected chi connectivity index (χ0v) is 19.3. The number of benzene rings is 2. The highest BCUT2D eigenvalue weighted by molar-refractivity contribution is 6.34. The normalized spacial score (nSPS) is 24.4. The topological polar surface area (TPSA) is 84.0 Å². The fourth-order valence-electron chi connectivity index (χ4n) is 4.92. The first-order valence-electron chi connectivity index (χ1n) is 11.2. The lowest BCUT2D eigenvalue weighted by molar-refractivity contribution is -0.139. The molecule has 0 bridgehead atoms. The van der Waals surface area contributed by atoms with Crippen LogP contribution in [0.3, 0.4) is 0 Å². The molecule has 0 saturated carbocycles. The van der Waals surface area contributed by atoms with Crippen molar-refractivity contribution < 1.29 is 23.9 Å². The Morgan fingerprint density at radius 1 is 0.971 bits per heavy atom. The number of carbonyl (C=O) groups excluding carboxylic acids is 4. The molecule has 5 rings (SSSR count). The van der Waals surface area contributed by atoms with Gasteiger partial charge in [0.15, 0.2) is 0 Å². The molecule has 8 heteroatoms. The summed E-state index contributed by atoms with van der Waals surface area (Å²) in [5, 5.41) is 0.442. The lowest BCUT2D eigenvalue weighted by Gasteiger charge is -2.18. The molecule has 2 heterocycles. The number of rotatable bonds is 4. The maximum absolute atomic E-state index is 12.9. The summed E-state index contributed by atoms with van der Waals surface area (Å²) in [5.74, 6) is -2.04. The molecule has 3 atom stereocenters. The van der Waals surface area contributed by atoms with E-state index in [0.717, 1.165) is 5.57 Å². The number of ether oxygens (including phenoxy) is 1. The van der Waals surface area contributed by atoms with Gasteiger partial charge in [-0.05, 0) is 56.2 Å². The van der Waals surface area contributed by atoms with E-state index in [1.165, 1.54) is 9.80 Å². The molecule has 0 unspecified atom stereocenters. The SMILES string of the molecule is CC1=CC[C@@H]2C(=O)N(c3ccc(OC(=O)[C@@H]4CC(=O)N(c5ccccc5Cl)C4)cc3)C(=O)[C@@H]2C1. The molecular weight excluding hydrogens is 456 g/mol. The Morgan fingerprint density at radius 2 is 1.68 bits per heavy atom. The Kier molecular flexibility index (Phi) is 5.73. The highest BCUT2D eigenvalue weighted by Gasteiger charge is 2.48. The van der Waals surface area contributed by atoms with Crippen molar-refractivity contribution in [1.82, 2.24) is 0 Å². The summed E-state index contributed by atoms with van der Waals surface area (Å²) in [5.41, 5.74) is 2.16. The lowest BCUT2D eigenvalue weighted by Crippen LogP contribution is -2.30. The smallest absolute Gasteiger partial charge is 0.316 e. The minimum atomic E-state index is -0.621. The molecule has 3 amide bonds. The number of fused-ring (bicyclic) bond motifs is 1. The zero-order valence-electron chi connectivity index (χ0n) is 18.6. The average molecular weight is 479 g/mol. The Bertz CT molecular complexity index is 1220. The van der Waals surface area contributed by atoms with E-state index in [1.807, 2.05) is 13.0 Å². The van der Waals surface area contributed by atoms with Crippen LogP contribution in [-0.2, 0) is 19.2 Å². The number of para-hydroxylation sites is 1. The summed E-state index contributed by atoms with van der Waals surface area (Å²) in [6, 6.07) is 13.3. The van der Waals surface area contributed by atoms with Crippen LogP contribution in [0.5, 0.6) is 5.75 Å². The van der Waals surface area contributed by atoms with Gasteiger partial charge < -0.3 is 9.64 Å². The van der Waals surface area contributed by atoms with Crippen molar-refractivity contribution in [3.8, 4) is 5.75 Å². The minimum Gasteiger partial charge on any atom is -0.426 e. The number of hydrogen-bond acceptors (Lipinski definition) is 5. The number of amides is 3. The highest BCUT2D eigenvalue weighted by atomic mass is 35.5. The standard InChI is InChI=1S/C26H23ClN2O5/c1-15-6-11-19-20(12-15)25(32)29(24(19)31)17-7-9-18(10-8-17)34-26(33)16-13-23(30)28(14-16)22-5-3-2-4-21(22)27/h2-10,16,19-20H,11-14H2,1H3/t16-,19+,20-/m1/s1. The first-order chi connectivity index (χ1) is 16.3. The summed E-state index contributed by atoms with van der Waals surface area (Å²) in [7, 11) is 0. The molecule has 1 aliphatic carbocycles. The van der Waals surface area contributed by atoms with Crippen molar-refractivity contribution >= 4 is 46.7 Å². The summed E-state index contributed by atoms with van der Waals surface area (Å²) >= 11 is 6.20. The zero-order chi connectivity index (χ0) is 24.0. The second kappa shape index (κ2) is 8.72. The second-order valence-electron chi connectivity index (χ2n) is 8.99. The lowest BCUT2D eigenvalue weighted by atomic mass is 9.82. The highest BCUT2D eigenvalue weighted by Crippen LogP contribution is 2.40. The van der Waals surface area contributed by atoms with Gasteiger partial charge in [-0.3, -0.25) is 24.1 Å². The summed E-state index contributed by atoms with van der Waals surface area (Å²) < 4.78 is 5.49. The fourth-order valence-corrected chi connectivity index (χ4v) is 5.16. The monoisotopic (exact) mass is 478 g/mol. The Hall–Kier alpha value is -3.45. The quantitative estimate of drug-likeness (QED) is 0.285. The molecule has 0 N–H and O–H groups in total. The van der Waals surface area contributed by atoms with Crippen LogP contribution in [0.15, 0.2) is 60.2 Å². The van der Waals surface area contributed by atoms with E-state index < -0.39 is 11.9 Å². The number of anilines is 2. The van der Waals surface area contributed by atoms with Crippen molar-refractivity contribution in [2.75, 3.05) is 16.3 Å². The molecule has 0 aromatic heterocycles. The Labute approximate surface area is 201 Å². The van der Waals surface area contributed by atoms with Crippen LogP contribution < -0.4 is 14.5 Å². The van der Waals surface area contributed by atoms with Gasteiger partial charge in [0.2, 0.25) is 17.7 Å². The third kappa shape index (κ3) is 3.90. The van der Waals surface area contributed by atoms with Crippen LogP contribution in [0.25, 0.3) is 0 Å². The van der Waals surface area contributed by atoms with E-state index in [1.54, 1.807) is 48.5 Å². The Morgan fingerprint density at radius 3 is 2.41 bits per heavy atom. The van der Waals surface area contributed by atoms with Gasteiger partial charge in [-0.25, -0.2) is 0 Å². The van der Waals surface area contributed by atoms with Gasteiger partial charge in [0, 0.05) is 13.0 Å². The van der Waals surface area contributed by atoms with Crippen molar-refractivity contribution in [2.24, 2.45) is 17.8 Å². The van der Waals surface area contributed by atoms with Gasteiger partial charge in [0.1, 0.15) is 5.75 Å². The molecule has 2 aromatic carbocycles. The number of allylic oxidation sites excluding steroid dienone is 2. The van der Waals surface area contributed by atoms with E-state index in [0.29, 0.717) is 29.2 Å². The predicted octanol–water partition coefficient (Wildman–Crippen LogP) is 4.14. The largest absolute Gasteiger partial charge is 0.426 e. The molecule has 2 aliphatic heterocycles. The number of imide groups is 1. The molecule has 3 aliphatic rings. The van der Waals surface area contributed by atoms with Gasteiger partial charge >= 0.3 is 5.97 Å². The van der Waals surface area contributed by atoms with Crippen LogP contribution in [0, 0.1) is 17.8 Å². The van der Waals surface area contributed by atoms with E-state index in [9.17, 15) is 19.2 Å². The number of halogens is 1. The Balaban J connectivity index is 1.25. The van der Waals surface area contributed by atoms with E-state index in [-0.39, 0.29) is 48.3 Å². The number of carbonyl (C=O) groups is 4. The minimum absolute atomic E-state index is 0.0369. The predicted molar refractivity (Wildman–Crippen MR) is 126 cm³/mol. The van der Waals surface area contributed by atoms with Crippen LogP contribution in [-0.4, -0.2) is 30.2 Å². The van der Waals surface area contributed by atoms with Gasteiger partial charge in [0.25, 0.3) is 0 Å². The van der Waals surface area contributed by atoms with Crippen LogP contribution in [0.1, 0.15) is 26.2 Å². The molecule has 2 aromatic rings. The molecule has 2 saturated heterocycles. The molecule has 0 spiro atoms. The van der Waals surface area contributed by atoms with E-state index >= 15 is 0 Å². The van der Waals surface area contributed by atoms with Crippen LogP contribution in [0.4, 0.5) is 11.4 Å². The van der Waals surface area contributed by atoms with E-state index in [4.69, 9.17) is 16.3 Å². The third-order valence-electron chi connectivity index (χ3n) is 6.74. The van der Waals surface area contributed by atoms with Gasteiger partial charge in [-0.1, -0.05) is 35.4 Å². The third-order valence-corrected chi connectivity index (χ3v) is 7.06. The molecule has 7 nitrogen and oxygen atoms in total. The molecule has 0 radical (unpaired) electrons. The first kappa shape index (κ1) is 22.3. The van der Waals surface area contributed by atoms with Crippen LogP contribution >= 0.6 is 11.6 Å². The maximum Gasteiger partial charge on any atom is 0.316 e. The van der Waals surface area contributed by atoms with Crippen molar-refractivity contribution in [3.05, 3.63) is 65.2 Å². The molecule has 2 fully saturated rings. The summed E-state index contributed by atoms with van der Waals surface area (Å²) in [6.07, 6.45) is 3.25. The number of esters is 1. The first-order valence-corrected chi connectivity index (χ1v) is 11.6. The van der Waals surface area contributed by atoms with Crippen molar-refractivity contribution in [2.45, 2.75) is 26.2 Å². The van der Waals surface area contributed by atoms with Gasteiger partial charge in [0.05, 0.1) is 34.2 Å². The van der Waals surface area contributed by atoms with Crippen molar-refractivity contribution in [1.29, 1.82) is 0 Å². The van der Waals surface area contributed by atoms with Crippen LogP contribution in [0.2, 0.25) is 5.02 Å². The van der Waals surface area contributed by atoms with Gasteiger partial charge in [-0.2, -0.15) is 0 Å². The summed E-state index contributed by atoms with van der Waals surface area (Å²) in [6.45, 7) is 2.16. The van der Waals surface area contributed by atoms with Gasteiger partial charge in [-0.15, -0.1) is 0 Å². The molecule has 174 valence electrons. The molecular formula is C26H23ClN2O5. The fraction of sp³-hybridized carbons (Fsp3) is 0.308. The number of nitrogens with zero attached hydrogens (tertiary/aromatic N) is 2.